The Labute approximate surface area is 214 Å². The second-order valence-corrected chi connectivity index (χ2v) is 9.56. The van der Waals surface area contributed by atoms with E-state index in [1.54, 1.807) is 11.8 Å². The molecule has 1 aliphatic heterocycles. The zero-order valence-electron chi connectivity index (χ0n) is 19.9. The van der Waals surface area contributed by atoms with Gasteiger partial charge in [-0.25, -0.2) is 0 Å². The number of hydrogen-bond donors (Lipinski definition) is 1. The van der Waals surface area contributed by atoms with Crippen LogP contribution in [0.25, 0.3) is 5.69 Å². The summed E-state index contributed by atoms with van der Waals surface area (Å²) >= 11 is 1.68. The van der Waals surface area contributed by atoms with Gasteiger partial charge in [-0.3, -0.25) is 9.36 Å². The van der Waals surface area contributed by atoms with Gasteiger partial charge in [-0.1, -0.05) is 66.4 Å². The highest BCUT2D eigenvalue weighted by Gasteiger charge is 2.15. The molecule has 36 heavy (non-hydrogen) atoms. The van der Waals surface area contributed by atoms with Crippen molar-refractivity contribution < 1.29 is 14.3 Å². The number of carbonyl (C=O) groups excluding carboxylic acids is 1. The Bertz CT molecular complexity index is 1290. The fourth-order valence-electron chi connectivity index (χ4n) is 4.01. The molecule has 3 aromatic carbocycles. The van der Waals surface area contributed by atoms with Gasteiger partial charge in [0, 0.05) is 30.8 Å². The van der Waals surface area contributed by atoms with Crippen LogP contribution >= 0.6 is 11.8 Å². The fourth-order valence-corrected chi connectivity index (χ4v) is 4.98. The first-order chi connectivity index (χ1) is 17.8. The zero-order chi connectivity index (χ0) is 24.6. The number of aromatic nitrogens is 3. The largest absolute Gasteiger partial charge is 0.454 e. The highest BCUT2D eigenvalue weighted by atomic mass is 32.2. The topological polar surface area (TPSA) is 78.3 Å². The summed E-state index contributed by atoms with van der Waals surface area (Å²) in [6.07, 6.45) is 2.94. The minimum absolute atomic E-state index is 0.0512. The van der Waals surface area contributed by atoms with Crippen molar-refractivity contribution in [3.63, 3.8) is 0 Å². The number of unbranched alkanes of at least 4 members (excludes halogenated alkanes) is 1. The van der Waals surface area contributed by atoms with Gasteiger partial charge in [0.25, 0.3) is 0 Å². The van der Waals surface area contributed by atoms with E-state index in [0.29, 0.717) is 19.4 Å². The van der Waals surface area contributed by atoms with Gasteiger partial charge in [0.1, 0.15) is 5.82 Å². The van der Waals surface area contributed by atoms with Gasteiger partial charge in [-0.15, -0.1) is 10.2 Å². The third-order valence-electron chi connectivity index (χ3n) is 5.88. The Hall–Kier alpha value is -3.78. The number of thioether (sulfide) groups is 1. The molecule has 0 unspecified atom stereocenters. The van der Waals surface area contributed by atoms with Crippen LogP contribution in [0.3, 0.4) is 0 Å². The van der Waals surface area contributed by atoms with Gasteiger partial charge >= 0.3 is 0 Å². The molecule has 7 nitrogen and oxygen atoms in total. The maximum atomic E-state index is 12.3. The molecule has 0 radical (unpaired) electrons. The lowest BCUT2D eigenvalue weighted by molar-refractivity contribution is -0.121. The molecule has 0 saturated carbocycles. The number of para-hydroxylation sites is 1. The third-order valence-corrected chi connectivity index (χ3v) is 6.89. The molecule has 1 aliphatic rings. The Kier molecular flexibility index (Phi) is 7.83. The maximum Gasteiger partial charge on any atom is 0.231 e. The van der Waals surface area contributed by atoms with E-state index < -0.39 is 0 Å². The Morgan fingerprint density at radius 2 is 1.67 bits per heavy atom. The first kappa shape index (κ1) is 23.9. The number of nitrogens with one attached hydrogen (secondary N) is 1. The average Bonchev–Trinajstić information content (AvgIpc) is 3.55. The van der Waals surface area contributed by atoms with E-state index in [9.17, 15) is 4.79 Å². The van der Waals surface area contributed by atoms with Gasteiger partial charge in [0.15, 0.2) is 16.7 Å². The smallest absolute Gasteiger partial charge is 0.231 e. The SMILES string of the molecule is O=C(CCCCSc1nnc(Cc2ccccc2)n1-c1ccccc1)NCc1ccc2c(c1)OCO2. The standard InChI is InChI=1S/C28H28N4O3S/c33-27(29-19-22-14-15-24-25(17-22)35-20-34-24)13-7-8-16-36-28-31-30-26(18-21-9-3-1-4-10-21)32(28)23-11-5-2-6-12-23/h1-6,9-12,14-15,17H,7-8,13,16,18-20H2,(H,29,33). The number of ether oxygens (including phenoxy) is 2. The number of amides is 1. The summed E-state index contributed by atoms with van der Waals surface area (Å²) in [4.78, 5) is 12.3. The minimum atomic E-state index is 0.0512. The first-order valence-corrected chi connectivity index (χ1v) is 13.1. The lowest BCUT2D eigenvalue weighted by atomic mass is 10.1. The van der Waals surface area contributed by atoms with Crippen LogP contribution in [0, 0.1) is 0 Å². The molecule has 0 bridgehead atoms. The molecule has 2 heterocycles. The first-order valence-electron chi connectivity index (χ1n) is 12.1. The average molecular weight is 501 g/mol. The quantitative estimate of drug-likeness (QED) is 0.226. The van der Waals surface area contributed by atoms with Crippen molar-refractivity contribution in [2.24, 2.45) is 0 Å². The summed E-state index contributed by atoms with van der Waals surface area (Å²) in [7, 11) is 0. The van der Waals surface area contributed by atoms with Gasteiger partial charge in [0.05, 0.1) is 0 Å². The third kappa shape index (κ3) is 6.07. The van der Waals surface area contributed by atoms with Crippen molar-refractivity contribution in [3.05, 3.63) is 95.8 Å². The molecule has 1 aromatic heterocycles. The van der Waals surface area contributed by atoms with Crippen LogP contribution < -0.4 is 14.8 Å². The molecule has 1 N–H and O–H groups in total. The molecule has 8 heteroatoms. The number of carbonyl (C=O) groups is 1. The van der Waals surface area contributed by atoms with E-state index in [1.165, 1.54) is 5.56 Å². The van der Waals surface area contributed by atoms with E-state index in [2.05, 4.69) is 44.3 Å². The van der Waals surface area contributed by atoms with E-state index in [-0.39, 0.29) is 12.7 Å². The van der Waals surface area contributed by atoms with E-state index >= 15 is 0 Å². The van der Waals surface area contributed by atoms with Crippen molar-refractivity contribution in [2.45, 2.75) is 37.4 Å². The highest BCUT2D eigenvalue weighted by molar-refractivity contribution is 7.99. The summed E-state index contributed by atoms with van der Waals surface area (Å²) in [5, 5.41) is 12.8. The molecular formula is C28H28N4O3S. The number of nitrogens with zero attached hydrogens (tertiary/aromatic N) is 3. The predicted molar refractivity (Wildman–Crippen MR) is 140 cm³/mol. The summed E-state index contributed by atoms with van der Waals surface area (Å²) in [6.45, 7) is 0.730. The van der Waals surface area contributed by atoms with E-state index in [4.69, 9.17) is 9.47 Å². The van der Waals surface area contributed by atoms with Gasteiger partial charge in [0.2, 0.25) is 12.7 Å². The predicted octanol–water partition coefficient (Wildman–Crippen LogP) is 5.17. The van der Waals surface area contributed by atoms with Crippen LogP contribution in [-0.2, 0) is 17.8 Å². The lowest BCUT2D eigenvalue weighted by Gasteiger charge is -2.10. The Morgan fingerprint density at radius 3 is 2.50 bits per heavy atom. The van der Waals surface area contributed by atoms with Crippen LogP contribution in [0.1, 0.15) is 36.2 Å². The van der Waals surface area contributed by atoms with Crippen molar-refractivity contribution in [3.8, 4) is 17.2 Å². The van der Waals surface area contributed by atoms with Crippen LogP contribution in [-0.4, -0.2) is 33.2 Å². The van der Waals surface area contributed by atoms with Crippen molar-refractivity contribution in [1.82, 2.24) is 20.1 Å². The second kappa shape index (κ2) is 11.8. The van der Waals surface area contributed by atoms with Crippen LogP contribution in [0.5, 0.6) is 11.5 Å². The number of rotatable bonds is 11. The maximum absolute atomic E-state index is 12.3. The Morgan fingerprint density at radius 1 is 0.889 bits per heavy atom. The molecule has 5 rings (SSSR count). The normalized spacial score (nSPS) is 12.0. The van der Waals surface area contributed by atoms with Crippen molar-refractivity contribution in [1.29, 1.82) is 0 Å². The van der Waals surface area contributed by atoms with Crippen LogP contribution in [0.2, 0.25) is 0 Å². The van der Waals surface area contributed by atoms with Gasteiger partial charge < -0.3 is 14.8 Å². The molecule has 4 aromatic rings. The molecule has 0 spiro atoms. The lowest BCUT2D eigenvalue weighted by Crippen LogP contribution is -2.22. The molecule has 0 aliphatic carbocycles. The van der Waals surface area contributed by atoms with E-state index in [1.807, 2.05) is 54.6 Å². The summed E-state index contributed by atoms with van der Waals surface area (Å²) in [5.41, 5.74) is 3.25. The Balaban J connectivity index is 1.11. The van der Waals surface area contributed by atoms with E-state index in [0.717, 1.165) is 52.3 Å². The fraction of sp³-hybridized carbons (Fsp3) is 0.250. The van der Waals surface area contributed by atoms with Crippen LogP contribution in [0.15, 0.2) is 84.0 Å². The number of hydrogen-bond acceptors (Lipinski definition) is 6. The van der Waals surface area contributed by atoms with Crippen molar-refractivity contribution in [2.75, 3.05) is 12.5 Å². The molecule has 0 atom stereocenters. The monoisotopic (exact) mass is 500 g/mol. The molecule has 0 saturated heterocycles. The summed E-state index contributed by atoms with van der Waals surface area (Å²) in [5.74, 6) is 3.31. The minimum Gasteiger partial charge on any atom is -0.454 e. The second-order valence-electron chi connectivity index (χ2n) is 8.50. The molecule has 1 amide bonds. The molecule has 0 fully saturated rings. The van der Waals surface area contributed by atoms with Gasteiger partial charge in [-0.05, 0) is 48.2 Å². The summed E-state index contributed by atoms with van der Waals surface area (Å²) in [6, 6.07) is 26.3. The number of benzene rings is 3. The van der Waals surface area contributed by atoms with Gasteiger partial charge in [-0.2, -0.15) is 0 Å². The number of fused-ring (bicyclic) bond motifs is 1. The van der Waals surface area contributed by atoms with Crippen LogP contribution in [0.4, 0.5) is 0 Å². The highest BCUT2D eigenvalue weighted by Crippen LogP contribution is 2.32. The zero-order valence-corrected chi connectivity index (χ0v) is 20.7. The van der Waals surface area contributed by atoms with Crippen molar-refractivity contribution >= 4 is 17.7 Å². The molecular weight excluding hydrogens is 472 g/mol. The molecule has 184 valence electrons. The summed E-state index contributed by atoms with van der Waals surface area (Å²) < 4.78 is 12.9.